The third-order valence-electron chi connectivity index (χ3n) is 2.44. The fourth-order valence-electron chi connectivity index (χ4n) is 1.66. The molecule has 18 heavy (non-hydrogen) atoms. The molecule has 0 radical (unpaired) electrons. The molecule has 0 atom stereocenters. The molecule has 102 valence electrons. The van der Waals surface area contributed by atoms with Crippen LogP contribution in [-0.2, 0) is 10.0 Å². The van der Waals surface area contributed by atoms with Crippen molar-refractivity contribution in [3.8, 4) is 0 Å². The molecule has 0 fully saturated rings. The number of sulfonamides is 1. The summed E-state index contributed by atoms with van der Waals surface area (Å²) in [6.07, 6.45) is 0.426. The molecule has 6 heteroatoms. The van der Waals surface area contributed by atoms with Gasteiger partial charge in [-0.25, -0.2) is 17.2 Å². The first-order chi connectivity index (χ1) is 8.28. The highest BCUT2D eigenvalue weighted by molar-refractivity contribution is 7.92. The number of nitrogens with one attached hydrogen (secondary N) is 1. The maximum atomic E-state index is 14.0. The van der Waals surface area contributed by atoms with Crippen LogP contribution in [0.4, 0.5) is 14.5 Å². The molecule has 1 aromatic carbocycles. The fourth-order valence-corrected chi connectivity index (χ4v) is 2.80. The van der Waals surface area contributed by atoms with E-state index in [9.17, 15) is 17.2 Å². The van der Waals surface area contributed by atoms with E-state index in [-0.39, 0.29) is 22.9 Å². The van der Waals surface area contributed by atoms with Crippen molar-refractivity contribution in [3.63, 3.8) is 0 Å². The normalized spacial score (nSPS) is 11.9. The van der Waals surface area contributed by atoms with Crippen molar-refractivity contribution in [2.45, 2.75) is 33.1 Å². The quantitative estimate of drug-likeness (QED) is 0.898. The zero-order valence-corrected chi connectivity index (χ0v) is 11.4. The summed E-state index contributed by atoms with van der Waals surface area (Å²) in [4.78, 5) is 0. The molecule has 0 heterocycles. The Labute approximate surface area is 106 Å². The number of benzene rings is 1. The van der Waals surface area contributed by atoms with E-state index in [0.717, 1.165) is 12.1 Å². The summed E-state index contributed by atoms with van der Waals surface area (Å²) < 4.78 is 52.7. The lowest BCUT2D eigenvalue weighted by molar-refractivity contribution is 0.543. The number of hydrogen-bond acceptors (Lipinski definition) is 2. The van der Waals surface area contributed by atoms with Crippen molar-refractivity contribution in [2.24, 2.45) is 0 Å². The third-order valence-corrected chi connectivity index (χ3v) is 3.92. The van der Waals surface area contributed by atoms with Crippen LogP contribution in [-0.4, -0.2) is 14.2 Å². The SMILES string of the molecule is CCCS(=O)(=O)Nc1ccc(F)c(C(C)C)c1F. The van der Waals surface area contributed by atoms with Crippen LogP contribution < -0.4 is 4.72 Å². The summed E-state index contributed by atoms with van der Waals surface area (Å²) >= 11 is 0. The van der Waals surface area contributed by atoms with Crippen LogP contribution in [0.5, 0.6) is 0 Å². The van der Waals surface area contributed by atoms with E-state index < -0.39 is 21.7 Å². The minimum Gasteiger partial charge on any atom is -0.281 e. The maximum Gasteiger partial charge on any atom is 0.232 e. The minimum atomic E-state index is -3.57. The Kier molecular flexibility index (Phi) is 4.67. The van der Waals surface area contributed by atoms with Crippen molar-refractivity contribution in [2.75, 3.05) is 10.5 Å². The highest BCUT2D eigenvalue weighted by Gasteiger charge is 2.19. The minimum absolute atomic E-state index is 0.0964. The summed E-state index contributed by atoms with van der Waals surface area (Å²) in [6, 6.07) is 2.17. The molecule has 1 N–H and O–H groups in total. The number of halogens is 2. The van der Waals surface area contributed by atoms with Crippen LogP contribution in [0.3, 0.4) is 0 Å². The van der Waals surface area contributed by atoms with Gasteiger partial charge in [0, 0.05) is 5.56 Å². The fraction of sp³-hybridized carbons (Fsp3) is 0.500. The first-order valence-electron chi connectivity index (χ1n) is 5.77. The van der Waals surface area contributed by atoms with Gasteiger partial charge in [-0.15, -0.1) is 0 Å². The predicted octanol–water partition coefficient (Wildman–Crippen LogP) is 3.24. The Morgan fingerprint density at radius 1 is 1.28 bits per heavy atom. The Hall–Kier alpha value is -1.17. The van der Waals surface area contributed by atoms with E-state index in [1.54, 1.807) is 20.8 Å². The lowest BCUT2D eigenvalue weighted by Gasteiger charge is -2.13. The van der Waals surface area contributed by atoms with E-state index in [1.807, 2.05) is 0 Å². The van der Waals surface area contributed by atoms with Crippen molar-refractivity contribution in [1.29, 1.82) is 0 Å². The van der Waals surface area contributed by atoms with Crippen LogP contribution in [0.2, 0.25) is 0 Å². The monoisotopic (exact) mass is 277 g/mol. The van der Waals surface area contributed by atoms with Gasteiger partial charge in [-0.1, -0.05) is 20.8 Å². The highest BCUT2D eigenvalue weighted by atomic mass is 32.2. The first-order valence-corrected chi connectivity index (χ1v) is 7.42. The van der Waals surface area contributed by atoms with Gasteiger partial charge in [0.1, 0.15) is 5.82 Å². The Morgan fingerprint density at radius 3 is 2.39 bits per heavy atom. The smallest absolute Gasteiger partial charge is 0.232 e. The largest absolute Gasteiger partial charge is 0.281 e. The number of anilines is 1. The Morgan fingerprint density at radius 2 is 1.89 bits per heavy atom. The predicted molar refractivity (Wildman–Crippen MR) is 68.1 cm³/mol. The van der Waals surface area contributed by atoms with Crippen LogP contribution in [0.25, 0.3) is 0 Å². The van der Waals surface area contributed by atoms with Crippen molar-refractivity contribution in [3.05, 3.63) is 29.3 Å². The van der Waals surface area contributed by atoms with E-state index in [2.05, 4.69) is 4.72 Å². The topological polar surface area (TPSA) is 46.2 Å². The molecule has 0 aliphatic carbocycles. The zero-order valence-electron chi connectivity index (χ0n) is 10.6. The van der Waals surface area contributed by atoms with Gasteiger partial charge in [0.2, 0.25) is 10.0 Å². The summed E-state index contributed by atoms with van der Waals surface area (Å²) in [5.41, 5.74) is -0.305. The summed E-state index contributed by atoms with van der Waals surface area (Å²) in [5.74, 6) is -1.97. The molecule has 0 unspecified atom stereocenters. The molecule has 0 bridgehead atoms. The van der Waals surface area contributed by atoms with Gasteiger partial charge >= 0.3 is 0 Å². The van der Waals surface area contributed by atoms with E-state index in [0.29, 0.717) is 6.42 Å². The Bertz CT molecular complexity index is 527. The number of hydrogen-bond donors (Lipinski definition) is 1. The summed E-state index contributed by atoms with van der Waals surface area (Å²) in [5, 5.41) is 0. The standard InChI is InChI=1S/C12H17F2NO2S/c1-4-7-18(16,17)15-10-6-5-9(13)11(8(2)3)12(10)14/h5-6,8,15H,4,7H2,1-3H3. The van der Waals surface area contributed by atoms with Gasteiger partial charge in [-0.2, -0.15) is 0 Å². The lowest BCUT2D eigenvalue weighted by atomic mass is 10.0. The average molecular weight is 277 g/mol. The van der Waals surface area contributed by atoms with E-state index in [4.69, 9.17) is 0 Å². The molecule has 1 aromatic rings. The molecular formula is C12H17F2NO2S. The van der Waals surface area contributed by atoms with Gasteiger partial charge < -0.3 is 0 Å². The van der Waals surface area contributed by atoms with Gasteiger partial charge in [0.15, 0.2) is 5.82 Å². The average Bonchev–Trinajstić information content (AvgIpc) is 2.21. The molecule has 0 aliphatic heterocycles. The summed E-state index contributed by atoms with van der Waals surface area (Å²) in [6.45, 7) is 5.00. The van der Waals surface area contributed by atoms with E-state index >= 15 is 0 Å². The molecule has 0 aromatic heterocycles. The third kappa shape index (κ3) is 3.41. The molecule has 0 aliphatic rings. The second kappa shape index (κ2) is 5.65. The number of rotatable bonds is 5. The molecule has 1 rings (SSSR count). The molecule has 0 spiro atoms. The summed E-state index contributed by atoms with van der Waals surface area (Å²) in [7, 11) is -3.57. The van der Waals surface area contributed by atoms with Gasteiger partial charge in [-0.05, 0) is 24.5 Å². The second-order valence-electron chi connectivity index (χ2n) is 4.40. The maximum absolute atomic E-state index is 14.0. The molecular weight excluding hydrogens is 260 g/mol. The molecule has 0 saturated heterocycles. The molecule has 0 saturated carbocycles. The first kappa shape index (κ1) is 14.9. The zero-order chi connectivity index (χ0) is 13.9. The van der Waals surface area contributed by atoms with Gasteiger partial charge in [0.25, 0.3) is 0 Å². The van der Waals surface area contributed by atoms with Crippen molar-refractivity contribution in [1.82, 2.24) is 0 Å². The van der Waals surface area contributed by atoms with Crippen molar-refractivity contribution < 1.29 is 17.2 Å². The molecule has 3 nitrogen and oxygen atoms in total. The van der Waals surface area contributed by atoms with Gasteiger partial charge in [0.05, 0.1) is 11.4 Å². The van der Waals surface area contributed by atoms with Crippen LogP contribution in [0.15, 0.2) is 12.1 Å². The van der Waals surface area contributed by atoms with Crippen molar-refractivity contribution >= 4 is 15.7 Å². The highest BCUT2D eigenvalue weighted by Crippen LogP contribution is 2.27. The van der Waals surface area contributed by atoms with Gasteiger partial charge in [-0.3, -0.25) is 4.72 Å². The Balaban J connectivity index is 3.17. The lowest BCUT2D eigenvalue weighted by Crippen LogP contribution is -2.17. The molecule has 0 amide bonds. The van der Waals surface area contributed by atoms with Crippen LogP contribution in [0.1, 0.15) is 38.7 Å². The van der Waals surface area contributed by atoms with Crippen LogP contribution in [0, 0.1) is 11.6 Å². The van der Waals surface area contributed by atoms with Crippen LogP contribution >= 0.6 is 0 Å². The second-order valence-corrected chi connectivity index (χ2v) is 6.24. The van der Waals surface area contributed by atoms with E-state index in [1.165, 1.54) is 0 Å².